The monoisotopic (exact) mass is 183 g/mol. The van der Waals surface area contributed by atoms with Gasteiger partial charge in [0, 0.05) is 18.6 Å². The van der Waals surface area contributed by atoms with Crippen LogP contribution in [-0.2, 0) is 4.79 Å². The smallest absolute Gasteiger partial charge is 0.304 e. The van der Waals surface area contributed by atoms with Crippen molar-refractivity contribution in [2.24, 2.45) is 0 Å². The molecular formula is C10H17NO2. The molecule has 2 aliphatic rings. The lowest BCUT2D eigenvalue weighted by Gasteiger charge is -2.44. The van der Waals surface area contributed by atoms with Crippen molar-refractivity contribution in [1.29, 1.82) is 0 Å². The number of hydrogen-bond donors (Lipinski definition) is 1. The molecule has 1 unspecified atom stereocenters. The molecule has 1 heterocycles. The minimum absolute atomic E-state index is 0.344. The van der Waals surface area contributed by atoms with E-state index in [4.69, 9.17) is 5.11 Å². The number of carboxylic acids is 1. The Balaban J connectivity index is 1.83. The Kier molecular flexibility index (Phi) is 2.54. The third-order valence-electron chi connectivity index (χ3n) is 3.39. The van der Waals surface area contributed by atoms with Crippen molar-refractivity contribution >= 4 is 5.97 Å². The first-order valence-corrected chi connectivity index (χ1v) is 5.25. The molecule has 0 spiro atoms. The average molecular weight is 183 g/mol. The fraction of sp³-hybridized carbons (Fsp3) is 0.900. The van der Waals surface area contributed by atoms with E-state index in [1.165, 1.54) is 25.7 Å². The van der Waals surface area contributed by atoms with Crippen molar-refractivity contribution in [3.63, 3.8) is 0 Å². The van der Waals surface area contributed by atoms with E-state index in [0.29, 0.717) is 18.5 Å². The van der Waals surface area contributed by atoms with E-state index in [9.17, 15) is 4.79 Å². The zero-order valence-electron chi connectivity index (χ0n) is 7.91. The van der Waals surface area contributed by atoms with Crippen LogP contribution < -0.4 is 0 Å². The maximum absolute atomic E-state index is 10.5. The van der Waals surface area contributed by atoms with Crippen molar-refractivity contribution < 1.29 is 9.90 Å². The molecule has 3 heteroatoms. The summed E-state index contributed by atoms with van der Waals surface area (Å²) in [6.07, 6.45) is 6.67. The summed E-state index contributed by atoms with van der Waals surface area (Å²) in [5, 5.41) is 8.68. The van der Waals surface area contributed by atoms with Gasteiger partial charge in [-0.25, -0.2) is 0 Å². The van der Waals surface area contributed by atoms with Crippen molar-refractivity contribution in [3.8, 4) is 0 Å². The van der Waals surface area contributed by atoms with E-state index in [1.807, 2.05) is 0 Å². The molecule has 2 rings (SSSR count). The molecule has 1 saturated heterocycles. The number of rotatable bonds is 3. The molecule has 0 aromatic carbocycles. The average Bonchev–Trinajstić information content (AvgIpc) is 2.51. The maximum atomic E-state index is 10.5. The van der Waals surface area contributed by atoms with Crippen LogP contribution in [0.3, 0.4) is 0 Å². The van der Waals surface area contributed by atoms with Crippen LogP contribution >= 0.6 is 0 Å². The highest BCUT2D eigenvalue weighted by molar-refractivity contribution is 5.67. The molecule has 0 amide bonds. The molecule has 1 aliphatic heterocycles. The third kappa shape index (κ3) is 1.85. The molecule has 0 aromatic heterocycles. The second kappa shape index (κ2) is 3.66. The summed E-state index contributed by atoms with van der Waals surface area (Å²) in [7, 11) is 0. The summed E-state index contributed by atoms with van der Waals surface area (Å²) in [6, 6.07) is 1.05. The number of aliphatic carboxylic acids is 1. The van der Waals surface area contributed by atoms with Crippen LogP contribution in [0.15, 0.2) is 0 Å². The van der Waals surface area contributed by atoms with Crippen LogP contribution in [0.2, 0.25) is 0 Å². The molecule has 1 N–H and O–H groups in total. The number of carboxylic acid groups (broad SMARTS) is 1. The van der Waals surface area contributed by atoms with Crippen LogP contribution in [0, 0.1) is 0 Å². The largest absolute Gasteiger partial charge is 0.481 e. The van der Waals surface area contributed by atoms with Crippen molar-refractivity contribution in [2.45, 2.75) is 50.6 Å². The first kappa shape index (κ1) is 9.00. The Morgan fingerprint density at radius 3 is 2.46 bits per heavy atom. The van der Waals surface area contributed by atoms with E-state index in [2.05, 4.69) is 4.90 Å². The van der Waals surface area contributed by atoms with E-state index in [0.717, 1.165) is 13.0 Å². The Morgan fingerprint density at radius 1 is 1.31 bits per heavy atom. The molecule has 74 valence electrons. The number of likely N-dealkylation sites (tertiary alicyclic amines) is 1. The number of nitrogens with zero attached hydrogens (tertiary/aromatic N) is 1. The van der Waals surface area contributed by atoms with Gasteiger partial charge in [0.05, 0.1) is 6.42 Å². The van der Waals surface area contributed by atoms with Crippen LogP contribution in [0.5, 0.6) is 0 Å². The third-order valence-corrected chi connectivity index (χ3v) is 3.39. The van der Waals surface area contributed by atoms with Gasteiger partial charge in [-0.2, -0.15) is 0 Å². The number of hydrogen-bond acceptors (Lipinski definition) is 2. The minimum atomic E-state index is -0.646. The summed E-state index contributed by atoms with van der Waals surface area (Å²) in [5.74, 6) is -0.646. The van der Waals surface area contributed by atoms with Gasteiger partial charge in [0.2, 0.25) is 0 Å². The Morgan fingerprint density at radius 2 is 2.00 bits per heavy atom. The van der Waals surface area contributed by atoms with Gasteiger partial charge in [0.25, 0.3) is 0 Å². The molecule has 0 aromatic rings. The lowest BCUT2D eigenvalue weighted by molar-refractivity contribution is -0.140. The first-order chi connectivity index (χ1) is 6.27. The fourth-order valence-corrected chi connectivity index (χ4v) is 2.60. The van der Waals surface area contributed by atoms with E-state index in [1.54, 1.807) is 0 Å². The zero-order chi connectivity index (χ0) is 9.26. The van der Waals surface area contributed by atoms with Gasteiger partial charge in [-0.3, -0.25) is 9.69 Å². The van der Waals surface area contributed by atoms with Crippen molar-refractivity contribution in [1.82, 2.24) is 4.90 Å². The fourth-order valence-electron chi connectivity index (χ4n) is 2.60. The van der Waals surface area contributed by atoms with Gasteiger partial charge in [0.15, 0.2) is 0 Å². The highest BCUT2D eigenvalue weighted by Gasteiger charge is 2.35. The van der Waals surface area contributed by atoms with Gasteiger partial charge < -0.3 is 5.11 Å². The quantitative estimate of drug-likeness (QED) is 0.720. The van der Waals surface area contributed by atoms with Crippen LogP contribution in [-0.4, -0.2) is 34.6 Å². The molecule has 13 heavy (non-hydrogen) atoms. The predicted molar refractivity (Wildman–Crippen MR) is 49.6 cm³/mol. The Bertz CT molecular complexity index is 199. The molecular weight excluding hydrogens is 166 g/mol. The molecule has 2 fully saturated rings. The highest BCUT2D eigenvalue weighted by Crippen LogP contribution is 2.31. The van der Waals surface area contributed by atoms with Gasteiger partial charge in [-0.15, -0.1) is 0 Å². The van der Waals surface area contributed by atoms with Gasteiger partial charge in [-0.1, -0.05) is 12.8 Å². The summed E-state index contributed by atoms with van der Waals surface area (Å²) in [5.41, 5.74) is 0. The lowest BCUT2D eigenvalue weighted by atomic mass is 9.96. The van der Waals surface area contributed by atoms with Crippen molar-refractivity contribution in [3.05, 3.63) is 0 Å². The minimum Gasteiger partial charge on any atom is -0.481 e. The van der Waals surface area contributed by atoms with E-state index in [-0.39, 0.29) is 0 Å². The van der Waals surface area contributed by atoms with Crippen LogP contribution in [0.1, 0.15) is 38.5 Å². The summed E-state index contributed by atoms with van der Waals surface area (Å²) in [4.78, 5) is 12.9. The SMILES string of the molecule is O=C(O)CC1CCN1C1CCCC1. The summed E-state index contributed by atoms with van der Waals surface area (Å²) < 4.78 is 0. The van der Waals surface area contributed by atoms with Gasteiger partial charge in [0.1, 0.15) is 0 Å². The second-order valence-electron chi connectivity index (χ2n) is 4.22. The topological polar surface area (TPSA) is 40.5 Å². The molecule has 1 aliphatic carbocycles. The maximum Gasteiger partial charge on any atom is 0.304 e. The van der Waals surface area contributed by atoms with Crippen molar-refractivity contribution in [2.75, 3.05) is 6.54 Å². The van der Waals surface area contributed by atoms with Gasteiger partial charge >= 0.3 is 5.97 Å². The standard InChI is InChI=1S/C10H17NO2/c12-10(13)7-9-5-6-11(9)8-3-1-2-4-8/h8-9H,1-7H2,(H,12,13). The highest BCUT2D eigenvalue weighted by atomic mass is 16.4. The Hall–Kier alpha value is -0.570. The Labute approximate surface area is 78.7 Å². The van der Waals surface area contributed by atoms with Crippen LogP contribution in [0.4, 0.5) is 0 Å². The number of carbonyl (C=O) groups is 1. The lowest BCUT2D eigenvalue weighted by Crippen LogP contribution is -2.53. The molecule has 0 radical (unpaired) electrons. The molecule has 1 atom stereocenters. The second-order valence-corrected chi connectivity index (χ2v) is 4.22. The molecule has 0 bridgehead atoms. The van der Waals surface area contributed by atoms with E-state index >= 15 is 0 Å². The summed E-state index contributed by atoms with van der Waals surface area (Å²) in [6.45, 7) is 1.13. The van der Waals surface area contributed by atoms with E-state index < -0.39 is 5.97 Å². The first-order valence-electron chi connectivity index (χ1n) is 5.25. The van der Waals surface area contributed by atoms with Crippen LogP contribution in [0.25, 0.3) is 0 Å². The molecule has 1 saturated carbocycles. The normalized spacial score (nSPS) is 30.3. The summed E-state index contributed by atoms with van der Waals surface area (Å²) >= 11 is 0. The molecule has 3 nitrogen and oxygen atoms in total. The zero-order valence-corrected chi connectivity index (χ0v) is 7.91. The predicted octanol–water partition coefficient (Wildman–Crippen LogP) is 1.48. The van der Waals surface area contributed by atoms with Gasteiger partial charge in [-0.05, 0) is 19.3 Å².